The molecular weight excluding hydrogens is 358 g/mol. The number of hydroxylamine groups is 1. The third-order valence-electron chi connectivity index (χ3n) is 6.79. The molecule has 2 aromatic carbocycles. The Balaban J connectivity index is 1.75. The lowest BCUT2D eigenvalue weighted by Crippen LogP contribution is -2.38. The first-order valence-corrected chi connectivity index (χ1v) is 10.7. The third-order valence-corrected chi connectivity index (χ3v) is 6.79. The summed E-state index contributed by atoms with van der Waals surface area (Å²) in [6.07, 6.45) is 4.50. The van der Waals surface area contributed by atoms with Gasteiger partial charge in [-0.2, -0.15) is 0 Å². The molecule has 0 unspecified atom stereocenters. The quantitative estimate of drug-likeness (QED) is 0.612. The van der Waals surface area contributed by atoms with E-state index in [2.05, 4.69) is 79.6 Å². The first-order valence-electron chi connectivity index (χ1n) is 10.7. The van der Waals surface area contributed by atoms with Crippen LogP contribution >= 0.6 is 0 Å². The minimum absolute atomic E-state index is 0.115. The Morgan fingerprint density at radius 3 is 2.34 bits per heavy atom. The largest absolute Gasteiger partial charge is 0.496 e. The zero-order valence-electron chi connectivity index (χ0n) is 17.5. The summed E-state index contributed by atoms with van der Waals surface area (Å²) in [5.74, 6) is 1.32. The van der Waals surface area contributed by atoms with Crippen LogP contribution in [0.3, 0.4) is 0 Å². The first-order chi connectivity index (χ1) is 14.2. The molecule has 0 bridgehead atoms. The summed E-state index contributed by atoms with van der Waals surface area (Å²) >= 11 is 0. The van der Waals surface area contributed by atoms with Crippen LogP contribution in [0.4, 0.5) is 5.69 Å². The second-order valence-electron chi connectivity index (χ2n) is 8.61. The molecule has 5 rings (SSSR count). The van der Waals surface area contributed by atoms with Gasteiger partial charge < -0.3 is 4.74 Å². The van der Waals surface area contributed by atoms with Crippen LogP contribution in [0.2, 0.25) is 0 Å². The topological polar surface area (TPSA) is 21.7 Å². The van der Waals surface area contributed by atoms with Crippen LogP contribution in [0.1, 0.15) is 51.1 Å². The molecule has 2 aliphatic carbocycles. The van der Waals surface area contributed by atoms with Gasteiger partial charge in [0.1, 0.15) is 11.4 Å². The van der Waals surface area contributed by atoms with Crippen molar-refractivity contribution in [3.63, 3.8) is 0 Å². The molecule has 0 radical (unpaired) electrons. The van der Waals surface area contributed by atoms with Crippen molar-refractivity contribution in [3.05, 3.63) is 88.7 Å². The van der Waals surface area contributed by atoms with E-state index in [1.165, 1.54) is 35.1 Å². The van der Waals surface area contributed by atoms with Gasteiger partial charge in [-0.05, 0) is 57.2 Å². The highest BCUT2D eigenvalue weighted by atomic mass is 16.7. The summed E-state index contributed by atoms with van der Waals surface area (Å²) in [5, 5.41) is 2.18. The molecule has 1 heterocycles. The number of nitrogens with zero attached hydrogens (tertiary/aromatic N) is 1. The average molecular weight is 388 g/mol. The van der Waals surface area contributed by atoms with E-state index in [1.807, 2.05) is 7.11 Å². The fourth-order valence-corrected chi connectivity index (χ4v) is 5.71. The van der Waals surface area contributed by atoms with Crippen molar-refractivity contribution in [1.29, 1.82) is 0 Å². The van der Waals surface area contributed by atoms with Crippen LogP contribution in [0.25, 0.3) is 0 Å². The molecule has 0 amide bonds. The van der Waals surface area contributed by atoms with Crippen LogP contribution in [-0.4, -0.2) is 12.7 Å². The predicted octanol–water partition coefficient (Wildman–Crippen LogP) is 6.36. The summed E-state index contributed by atoms with van der Waals surface area (Å²) in [6, 6.07) is 21.5. The van der Waals surface area contributed by atoms with Gasteiger partial charge >= 0.3 is 0 Å². The Morgan fingerprint density at radius 2 is 1.69 bits per heavy atom. The molecule has 3 nitrogen and oxygen atoms in total. The number of methoxy groups -OCH3 is 1. The number of allylic oxidation sites excluding steroid dienone is 2. The van der Waals surface area contributed by atoms with Gasteiger partial charge in [-0.3, -0.25) is 4.84 Å². The number of ether oxygens (including phenoxy) is 1. The normalized spacial score (nSPS) is 28.4. The second kappa shape index (κ2) is 7.07. The van der Waals surface area contributed by atoms with Crippen LogP contribution in [0.5, 0.6) is 0 Å². The maximum atomic E-state index is 7.00. The lowest BCUT2D eigenvalue weighted by molar-refractivity contribution is -0.0128. The molecule has 1 spiro atoms. The molecular formula is C26H29NO2. The molecule has 29 heavy (non-hydrogen) atoms. The number of rotatable bonds is 3. The van der Waals surface area contributed by atoms with E-state index in [-0.39, 0.29) is 17.6 Å². The average Bonchev–Trinajstić information content (AvgIpc) is 3.23. The molecule has 0 aromatic heterocycles. The Labute approximate surface area is 173 Å². The monoisotopic (exact) mass is 387 g/mol. The Bertz CT molecular complexity index is 959. The van der Waals surface area contributed by atoms with Crippen LogP contribution in [0.15, 0.2) is 83.1 Å². The lowest BCUT2D eigenvalue weighted by atomic mass is 9.71. The lowest BCUT2D eigenvalue weighted by Gasteiger charge is -2.34. The van der Waals surface area contributed by atoms with Crippen molar-refractivity contribution < 1.29 is 9.57 Å². The van der Waals surface area contributed by atoms with Gasteiger partial charge in [0.2, 0.25) is 0 Å². The smallest absolute Gasteiger partial charge is 0.130 e. The van der Waals surface area contributed by atoms with E-state index in [0.717, 1.165) is 24.3 Å². The van der Waals surface area contributed by atoms with E-state index in [1.54, 1.807) is 0 Å². The highest BCUT2D eigenvalue weighted by Gasteiger charge is 2.64. The Hall–Kier alpha value is -2.52. The molecule has 1 saturated carbocycles. The standard InChI is InChI=1S/C26H29NO2/c1-18(2)22-23-24(19-12-6-4-7-13-19)27(20-14-8-5-9-15-20)29-26(23)17-11-10-16-21(26)25(22)28-3/h4-9,12-15,23-24H,10-11,16-17H2,1-3H3/t23-,24-,26-/m0/s1. The van der Waals surface area contributed by atoms with Crippen molar-refractivity contribution in [2.24, 2.45) is 5.92 Å². The maximum absolute atomic E-state index is 7.00. The van der Waals surface area contributed by atoms with E-state index in [9.17, 15) is 0 Å². The molecule has 150 valence electrons. The SMILES string of the molecule is COC1=C2CCCC[C@]23ON(c2ccccc2)[C@@H](c2ccccc2)[C@@H]3C1=C(C)C. The number of hydrogen-bond acceptors (Lipinski definition) is 3. The molecule has 3 heteroatoms. The van der Waals surface area contributed by atoms with Crippen LogP contribution in [-0.2, 0) is 9.57 Å². The Morgan fingerprint density at radius 1 is 1.00 bits per heavy atom. The summed E-state index contributed by atoms with van der Waals surface area (Å²) in [5.41, 5.74) is 6.14. The summed E-state index contributed by atoms with van der Waals surface area (Å²) in [4.78, 5) is 7.00. The fourth-order valence-electron chi connectivity index (χ4n) is 5.71. The highest BCUT2D eigenvalue weighted by Crippen LogP contribution is 2.64. The first kappa shape index (κ1) is 18.5. The van der Waals surface area contributed by atoms with Gasteiger partial charge in [-0.25, -0.2) is 5.06 Å². The van der Waals surface area contributed by atoms with Gasteiger partial charge in [0.15, 0.2) is 0 Å². The minimum atomic E-state index is -0.299. The molecule has 0 N–H and O–H groups in total. The number of para-hydroxylation sites is 1. The fraction of sp³-hybridized carbons (Fsp3) is 0.385. The summed E-state index contributed by atoms with van der Waals surface area (Å²) in [7, 11) is 1.82. The Kier molecular flexibility index (Phi) is 4.51. The van der Waals surface area contributed by atoms with Crippen molar-refractivity contribution in [3.8, 4) is 0 Å². The third kappa shape index (κ3) is 2.67. The summed E-state index contributed by atoms with van der Waals surface area (Å²) in [6.45, 7) is 4.43. The van der Waals surface area contributed by atoms with Gasteiger partial charge in [0.05, 0.1) is 24.8 Å². The van der Waals surface area contributed by atoms with Crippen molar-refractivity contribution in [1.82, 2.24) is 0 Å². The highest BCUT2D eigenvalue weighted by molar-refractivity contribution is 5.58. The zero-order chi connectivity index (χ0) is 20.0. The van der Waals surface area contributed by atoms with Crippen molar-refractivity contribution in [2.75, 3.05) is 12.2 Å². The summed E-state index contributed by atoms with van der Waals surface area (Å²) < 4.78 is 6.03. The van der Waals surface area contributed by atoms with E-state index < -0.39 is 0 Å². The number of hydrogen-bond donors (Lipinski definition) is 0. The van der Waals surface area contributed by atoms with E-state index in [0.29, 0.717) is 0 Å². The van der Waals surface area contributed by atoms with Crippen LogP contribution < -0.4 is 5.06 Å². The molecule has 1 saturated heterocycles. The van der Waals surface area contributed by atoms with Gasteiger partial charge in [-0.15, -0.1) is 0 Å². The molecule has 1 aliphatic heterocycles. The van der Waals surface area contributed by atoms with E-state index in [4.69, 9.17) is 9.57 Å². The number of anilines is 1. The maximum Gasteiger partial charge on any atom is 0.130 e. The van der Waals surface area contributed by atoms with Crippen molar-refractivity contribution >= 4 is 5.69 Å². The number of benzene rings is 2. The molecule has 3 atom stereocenters. The minimum Gasteiger partial charge on any atom is -0.496 e. The van der Waals surface area contributed by atoms with Gasteiger partial charge in [0.25, 0.3) is 0 Å². The second-order valence-corrected chi connectivity index (χ2v) is 8.61. The molecule has 3 aliphatic rings. The predicted molar refractivity (Wildman–Crippen MR) is 116 cm³/mol. The molecule has 2 fully saturated rings. The van der Waals surface area contributed by atoms with Crippen molar-refractivity contribution in [2.45, 2.75) is 51.2 Å². The molecule has 2 aromatic rings. The van der Waals surface area contributed by atoms with Gasteiger partial charge in [-0.1, -0.05) is 54.1 Å². The van der Waals surface area contributed by atoms with Crippen LogP contribution in [0, 0.1) is 5.92 Å². The zero-order valence-corrected chi connectivity index (χ0v) is 17.5. The van der Waals surface area contributed by atoms with Gasteiger partial charge in [0, 0.05) is 11.1 Å². The van der Waals surface area contributed by atoms with E-state index >= 15 is 0 Å².